The van der Waals surface area contributed by atoms with Gasteiger partial charge >= 0.3 is 0 Å². The van der Waals surface area contributed by atoms with Gasteiger partial charge < -0.3 is 11.1 Å². The molecule has 0 fully saturated rings. The Morgan fingerprint density at radius 1 is 1.14 bits per heavy atom. The number of carbonyl (C=O) groups is 2. The van der Waals surface area contributed by atoms with Crippen LogP contribution in [0.5, 0.6) is 0 Å². The fourth-order valence-corrected chi connectivity index (χ4v) is 4.41. The highest BCUT2D eigenvalue weighted by Crippen LogP contribution is 2.32. The summed E-state index contributed by atoms with van der Waals surface area (Å²) in [4.78, 5) is 26.0. The van der Waals surface area contributed by atoms with Crippen LogP contribution in [0.3, 0.4) is 0 Å². The topological polar surface area (TPSA) is 90.0 Å². The first-order valence-electron chi connectivity index (χ1n) is 8.85. The number of nitrogens with two attached hydrogens (primary N) is 1. The van der Waals surface area contributed by atoms with Crippen molar-refractivity contribution in [3.63, 3.8) is 0 Å². The smallest absolute Gasteiger partial charge is 0.262 e. The molecule has 0 aliphatic carbocycles. The molecular weight excluding hydrogens is 408 g/mol. The molecule has 2 amide bonds. The Labute approximate surface area is 175 Å². The fourth-order valence-electron chi connectivity index (χ4n) is 3.11. The second-order valence-electron chi connectivity index (χ2n) is 6.50. The largest absolute Gasteiger partial charge is 0.368 e. The fraction of sp³-hybridized carbons (Fsp3) is 0.0952. The van der Waals surface area contributed by atoms with E-state index in [1.165, 1.54) is 11.3 Å². The van der Waals surface area contributed by atoms with E-state index in [0.717, 1.165) is 21.6 Å². The van der Waals surface area contributed by atoms with Gasteiger partial charge in [0.25, 0.3) is 5.91 Å². The lowest BCUT2D eigenvalue weighted by molar-refractivity contribution is -0.120. The molecule has 2 aromatic heterocycles. The van der Waals surface area contributed by atoms with Crippen LogP contribution in [0.1, 0.15) is 27.0 Å². The summed E-state index contributed by atoms with van der Waals surface area (Å²) in [5, 5.41) is 8.71. The van der Waals surface area contributed by atoms with E-state index in [1.807, 2.05) is 31.2 Å². The molecule has 1 unspecified atom stereocenters. The van der Waals surface area contributed by atoms with Crippen LogP contribution >= 0.6 is 22.9 Å². The number of primary amides is 1. The van der Waals surface area contributed by atoms with Crippen molar-refractivity contribution in [1.82, 2.24) is 15.1 Å². The number of carbonyl (C=O) groups excluding carboxylic acids is 2. The van der Waals surface area contributed by atoms with E-state index in [9.17, 15) is 9.59 Å². The zero-order chi connectivity index (χ0) is 20.5. The van der Waals surface area contributed by atoms with Crippen LogP contribution in [0, 0.1) is 6.92 Å². The van der Waals surface area contributed by atoms with Gasteiger partial charge in [-0.15, -0.1) is 11.3 Å². The molecule has 29 heavy (non-hydrogen) atoms. The number of amides is 2. The van der Waals surface area contributed by atoms with E-state index >= 15 is 0 Å². The number of hydrogen-bond donors (Lipinski definition) is 2. The number of hydrogen-bond acceptors (Lipinski definition) is 4. The predicted molar refractivity (Wildman–Crippen MR) is 115 cm³/mol. The summed E-state index contributed by atoms with van der Waals surface area (Å²) in [5.74, 6) is -0.993. The molecular formula is C21H17ClN4O2S. The number of para-hydroxylation sites is 1. The second kappa shape index (κ2) is 7.69. The van der Waals surface area contributed by atoms with Gasteiger partial charge in [-0.05, 0) is 30.7 Å². The molecule has 2 heterocycles. The number of thiophene rings is 1. The lowest BCUT2D eigenvalue weighted by atomic mass is 10.1. The van der Waals surface area contributed by atoms with Crippen LogP contribution < -0.4 is 11.1 Å². The Morgan fingerprint density at radius 3 is 2.52 bits per heavy atom. The van der Waals surface area contributed by atoms with Gasteiger partial charge in [-0.2, -0.15) is 5.10 Å². The molecule has 0 aliphatic heterocycles. The number of nitrogens with one attached hydrogen (secondary N) is 1. The van der Waals surface area contributed by atoms with Crippen molar-refractivity contribution >= 4 is 45.0 Å². The quantitative estimate of drug-likeness (QED) is 0.507. The van der Waals surface area contributed by atoms with Gasteiger partial charge in [0, 0.05) is 5.39 Å². The third kappa shape index (κ3) is 3.62. The first-order chi connectivity index (χ1) is 14.0. The van der Waals surface area contributed by atoms with Crippen molar-refractivity contribution < 1.29 is 9.59 Å². The van der Waals surface area contributed by atoms with E-state index in [2.05, 4.69) is 10.4 Å². The summed E-state index contributed by atoms with van der Waals surface area (Å²) in [6.45, 7) is 1.88. The number of benzene rings is 2. The molecule has 4 rings (SSSR count). The third-order valence-corrected chi connectivity index (χ3v) is 5.97. The predicted octanol–water partition coefficient (Wildman–Crippen LogP) is 4.01. The summed E-state index contributed by atoms with van der Waals surface area (Å²) >= 11 is 7.61. The number of aryl methyl sites for hydroxylation is 1. The van der Waals surface area contributed by atoms with Crippen LogP contribution in [0.4, 0.5) is 0 Å². The number of nitrogens with zero attached hydrogens (tertiary/aromatic N) is 2. The first kappa shape index (κ1) is 19.2. The summed E-state index contributed by atoms with van der Waals surface area (Å²) in [6, 6.07) is 17.2. The number of halogens is 1. The molecule has 0 saturated heterocycles. The molecule has 0 radical (unpaired) electrons. The van der Waals surface area contributed by atoms with E-state index in [-0.39, 0.29) is 5.91 Å². The van der Waals surface area contributed by atoms with Gasteiger partial charge in [-0.3, -0.25) is 9.59 Å². The minimum absolute atomic E-state index is 0.371. The minimum atomic E-state index is -0.907. The Morgan fingerprint density at radius 2 is 1.83 bits per heavy atom. The standard InChI is InChI=1S/C21H17ClN4O2S/c1-12-14-11-17(20(28)24-18(19(23)27)13-7-3-2-4-8-13)29-21(14)26(25-12)16-10-6-5-9-15(16)22/h2-11,18H,1H3,(H2,23,27)(H,24,28). The minimum Gasteiger partial charge on any atom is -0.368 e. The average Bonchev–Trinajstić information content (AvgIpc) is 3.28. The van der Waals surface area contributed by atoms with Gasteiger partial charge in [0.05, 0.1) is 21.3 Å². The maximum absolute atomic E-state index is 12.9. The molecule has 2 aromatic carbocycles. The summed E-state index contributed by atoms with van der Waals surface area (Å²) in [6.07, 6.45) is 0. The second-order valence-corrected chi connectivity index (χ2v) is 7.94. The van der Waals surface area contributed by atoms with Crippen LogP contribution in [0.2, 0.25) is 5.02 Å². The maximum atomic E-state index is 12.9. The van der Waals surface area contributed by atoms with E-state index in [0.29, 0.717) is 15.5 Å². The zero-order valence-electron chi connectivity index (χ0n) is 15.4. The van der Waals surface area contributed by atoms with E-state index in [1.54, 1.807) is 41.1 Å². The van der Waals surface area contributed by atoms with Crippen molar-refractivity contribution in [1.29, 1.82) is 0 Å². The summed E-state index contributed by atoms with van der Waals surface area (Å²) in [7, 11) is 0. The molecule has 1 atom stereocenters. The Hall–Kier alpha value is -3.16. The van der Waals surface area contributed by atoms with Crippen LogP contribution in [-0.2, 0) is 4.79 Å². The molecule has 0 bridgehead atoms. The number of rotatable bonds is 5. The monoisotopic (exact) mass is 424 g/mol. The van der Waals surface area contributed by atoms with Crippen LogP contribution in [-0.4, -0.2) is 21.6 Å². The van der Waals surface area contributed by atoms with E-state index in [4.69, 9.17) is 17.3 Å². The highest BCUT2D eigenvalue weighted by atomic mass is 35.5. The average molecular weight is 425 g/mol. The van der Waals surface area contributed by atoms with Crippen molar-refractivity contribution in [3.05, 3.63) is 81.8 Å². The molecule has 3 N–H and O–H groups in total. The van der Waals surface area contributed by atoms with Gasteiger partial charge in [0.1, 0.15) is 10.9 Å². The van der Waals surface area contributed by atoms with Gasteiger partial charge in [-0.1, -0.05) is 54.1 Å². The SMILES string of the molecule is Cc1nn(-c2ccccc2Cl)c2sc(C(=O)NC(C(N)=O)c3ccccc3)cc12. The highest BCUT2D eigenvalue weighted by Gasteiger charge is 2.23. The molecule has 146 valence electrons. The van der Waals surface area contributed by atoms with Crippen LogP contribution in [0.25, 0.3) is 15.9 Å². The van der Waals surface area contributed by atoms with Crippen molar-refractivity contribution in [2.45, 2.75) is 13.0 Å². The first-order valence-corrected chi connectivity index (χ1v) is 10.0. The Kier molecular flexibility index (Phi) is 5.08. The lowest BCUT2D eigenvalue weighted by Crippen LogP contribution is -2.37. The lowest BCUT2D eigenvalue weighted by Gasteiger charge is -2.15. The summed E-state index contributed by atoms with van der Waals surface area (Å²) < 4.78 is 1.73. The van der Waals surface area contributed by atoms with Crippen molar-refractivity contribution in [2.75, 3.05) is 0 Å². The molecule has 0 saturated carbocycles. The van der Waals surface area contributed by atoms with Gasteiger partial charge in [0.15, 0.2) is 0 Å². The molecule has 0 aliphatic rings. The maximum Gasteiger partial charge on any atom is 0.262 e. The zero-order valence-corrected chi connectivity index (χ0v) is 17.0. The Bertz CT molecular complexity index is 1220. The van der Waals surface area contributed by atoms with Crippen molar-refractivity contribution in [2.24, 2.45) is 5.73 Å². The third-order valence-electron chi connectivity index (χ3n) is 4.54. The summed E-state index contributed by atoms with van der Waals surface area (Å²) in [5.41, 5.74) is 7.66. The molecule has 6 nitrogen and oxygen atoms in total. The Balaban J connectivity index is 1.70. The van der Waals surface area contributed by atoms with Gasteiger partial charge in [-0.25, -0.2) is 4.68 Å². The highest BCUT2D eigenvalue weighted by molar-refractivity contribution is 7.20. The van der Waals surface area contributed by atoms with Gasteiger partial charge in [0.2, 0.25) is 5.91 Å². The number of aromatic nitrogens is 2. The molecule has 0 spiro atoms. The van der Waals surface area contributed by atoms with E-state index < -0.39 is 11.9 Å². The van der Waals surface area contributed by atoms with Crippen LogP contribution in [0.15, 0.2) is 60.7 Å². The molecule has 4 aromatic rings. The number of fused-ring (bicyclic) bond motifs is 1. The molecule has 8 heteroatoms. The normalized spacial score (nSPS) is 12.1. The van der Waals surface area contributed by atoms with Crippen molar-refractivity contribution in [3.8, 4) is 5.69 Å².